The standard InChI is InChI=1S/C13H20N2O3S2/c1-2-10-3-4-11(14)9-13(10)20(17,18)15-12-5-7-19(16)8-6-12/h3-4,9,12,15H,2,5-8,14H2,1H3. The molecule has 2 rings (SSSR count). The van der Waals surface area contributed by atoms with Gasteiger partial charge in [-0.3, -0.25) is 4.21 Å². The minimum Gasteiger partial charge on any atom is -0.399 e. The van der Waals surface area contributed by atoms with E-state index in [1.165, 1.54) is 6.07 Å². The molecule has 0 saturated carbocycles. The third-order valence-electron chi connectivity index (χ3n) is 3.47. The van der Waals surface area contributed by atoms with E-state index in [1.54, 1.807) is 12.1 Å². The van der Waals surface area contributed by atoms with Gasteiger partial charge in [-0.1, -0.05) is 13.0 Å². The van der Waals surface area contributed by atoms with E-state index >= 15 is 0 Å². The van der Waals surface area contributed by atoms with Gasteiger partial charge in [0.2, 0.25) is 10.0 Å². The summed E-state index contributed by atoms with van der Waals surface area (Å²) in [7, 11) is -4.37. The van der Waals surface area contributed by atoms with Gasteiger partial charge in [-0.25, -0.2) is 13.1 Å². The van der Waals surface area contributed by atoms with Gasteiger partial charge in [-0.05, 0) is 37.0 Å². The highest BCUT2D eigenvalue weighted by molar-refractivity contribution is 7.89. The van der Waals surface area contributed by atoms with E-state index in [-0.39, 0.29) is 10.9 Å². The summed E-state index contributed by atoms with van der Waals surface area (Å²) < 4.78 is 39.0. The summed E-state index contributed by atoms with van der Waals surface area (Å²) in [6, 6.07) is 4.83. The predicted octanol–water partition coefficient (Wildman–Crippen LogP) is 1.02. The third-order valence-corrected chi connectivity index (χ3v) is 6.46. The molecule has 3 N–H and O–H groups in total. The van der Waals surface area contributed by atoms with Crippen LogP contribution in [0, 0.1) is 0 Å². The highest BCUT2D eigenvalue weighted by atomic mass is 32.2. The lowest BCUT2D eigenvalue weighted by Crippen LogP contribution is -2.39. The van der Waals surface area contributed by atoms with Crippen molar-refractivity contribution >= 4 is 26.5 Å². The van der Waals surface area contributed by atoms with Crippen molar-refractivity contribution < 1.29 is 12.6 Å². The number of benzene rings is 1. The van der Waals surface area contributed by atoms with Gasteiger partial charge < -0.3 is 5.73 Å². The summed E-state index contributed by atoms with van der Waals surface area (Å²) in [5.74, 6) is 1.12. The first-order valence-electron chi connectivity index (χ1n) is 6.68. The monoisotopic (exact) mass is 316 g/mol. The summed E-state index contributed by atoms with van der Waals surface area (Å²) in [6.07, 6.45) is 1.87. The largest absolute Gasteiger partial charge is 0.399 e. The molecule has 1 aliphatic heterocycles. The fourth-order valence-corrected chi connectivity index (χ4v) is 5.26. The molecule has 0 unspecified atom stereocenters. The van der Waals surface area contributed by atoms with Gasteiger partial charge in [0.15, 0.2) is 0 Å². The van der Waals surface area contributed by atoms with E-state index in [0.717, 1.165) is 5.56 Å². The molecule has 1 aromatic carbocycles. The van der Waals surface area contributed by atoms with Crippen LogP contribution in [-0.4, -0.2) is 30.2 Å². The molecule has 0 spiro atoms. The van der Waals surface area contributed by atoms with E-state index in [2.05, 4.69) is 4.72 Å². The predicted molar refractivity (Wildman–Crippen MR) is 81.5 cm³/mol. The molecule has 5 nitrogen and oxygen atoms in total. The van der Waals surface area contributed by atoms with Gasteiger partial charge in [-0.15, -0.1) is 0 Å². The number of anilines is 1. The summed E-state index contributed by atoms with van der Waals surface area (Å²) in [5, 5.41) is 0. The van der Waals surface area contributed by atoms with Crippen molar-refractivity contribution in [1.82, 2.24) is 4.72 Å². The van der Waals surface area contributed by atoms with Crippen LogP contribution in [0.4, 0.5) is 5.69 Å². The van der Waals surface area contributed by atoms with Crippen LogP contribution in [0.25, 0.3) is 0 Å². The lowest BCUT2D eigenvalue weighted by molar-refractivity contribution is 0.521. The van der Waals surface area contributed by atoms with Crippen molar-refractivity contribution in [3.63, 3.8) is 0 Å². The zero-order valence-electron chi connectivity index (χ0n) is 11.5. The molecule has 0 atom stereocenters. The van der Waals surface area contributed by atoms with Crippen LogP contribution in [0.15, 0.2) is 23.1 Å². The van der Waals surface area contributed by atoms with E-state index < -0.39 is 20.8 Å². The second-order valence-electron chi connectivity index (χ2n) is 4.96. The Morgan fingerprint density at radius 1 is 1.35 bits per heavy atom. The number of rotatable bonds is 4. The minimum atomic E-state index is -3.57. The molecule has 7 heteroatoms. The zero-order chi connectivity index (χ0) is 14.8. The second-order valence-corrected chi connectivity index (χ2v) is 8.34. The fourth-order valence-electron chi connectivity index (χ4n) is 2.31. The number of nitrogens with two attached hydrogens (primary N) is 1. The van der Waals surface area contributed by atoms with E-state index in [1.807, 2.05) is 6.92 Å². The maximum Gasteiger partial charge on any atom is 0.241 e. The van der Waals surface area contributed by atoms with Crippen LogP contribution in [-0.2, 0) is 27.2 Å². The summed E-state index contributed by atoms with van der Waals surface area (Å²) in [5.41, 5.74) is 6.89. The lowest BCUT2D eigenvalue weighted by Gasteiger charge is -2.23. The molecule has 0 aromatic heterocycles. The molecule has 1 saturated heterocycles. The Morgan fingerprint density at radius 3 is 2.60 bits per heavy atom. The molecule has 20 heavy (non-hydrogen) atoms. The van der Waals surface area contributed by atoms with Crippen LogP contribution >= 0.6 is 0 Å². The quantitative estimate of drug-likeness (QED) is 0.812. The average Bonchev–Trinajstić information content (AvgIpc) is 2.41. The summed E-state index contributed by atoms with van der Waals surface area (Å²) >= 11 is 0. The van der Waals surface area contributed by atoms with Crippen molar-refractivity contribution in [2.45, 2.75) is 37.1 Å². The minimum absolute atomic E-state index is 0.135. The number of sulfonamides is 1. The molecular formula is C13H20N2O3S2. The van der Waals surface area contributed by atoms with Gasteiger partial charge in [0.1, 0.15) is 0 Å². The number of nitrogen functional groups attached to an aromatic ring is 1. The zero-order valence-corrected chi connectivity index (χ0v) is 13.1. The maximum absolute atomic E-state index is 12.5. The third kappa shape index (κ3) is 3.59. The van der Waals surface area contributed by atoms with Crippen LogP contribution in [0.1, 0.15) is 25.3 Å². The van der Waals surface area contributed by atoms with Crippen molar-refractivity contribution in [1.29, 1.82) is 0 Å². The number of hydrogen-bond acceptors (Lipinski definition) is 4. The van der Waals surface area contributed by atoms with Gasteiger partial charge in [0, 0.05) is 34.0 Å². The van der Waals surface area contributed by atoms with Gasteiger partial charge >= 0.3 is 0 Å². The van der Waals surface area contributed by atoms with Gasteiger partial charge in [-0.2, -0.15) is 0 Å². The summed E-state index contributed by atoms with van der Waals surface area (Å²) in [4.78, 5) is 0.256. The molecule has 0 amide bonds. The van der Waals surface area contributed by atoms with E-state index in [0.29, 0.717) is 36.5 Å². The number of aryl methyl sites for hydroxylation is 1. The Kier molecular flexibility index (Phi) is 4.82. The highest BCUT2D eigenvalue weighted by Gasteiger charge is 2.25. The Labute approximate surface area is 122 Å². The first-order chi connectivity index (χ1) is 9.42. The Bertz CT molecular complexity index is 604. The molecule has 1 heterocycles. The van der Waals surface area contributed by atoms with Crippen LogP contribution in [0.5, 0.6) is 0 Å². The van der Waals surface area contributed by atoms with E-state index in [9.17, 15) is 12.6 Å². The maximum atomic E-state index is 12.5. The molecule has 0 aliphatic carbocycles. The SMILES string of the molecule is CCc1ccc(N)cc1S(=O)(=O)NC1CCS(=O)CC1. The van der Waals surface area contributed by atoms with Crippen molar-refractivity contribution in [3.8, 4) is 0 Å². The van der Waals surface area contributed by atoms with Crippen LogP contribution < -0.4 is 10.5 Å². The van der Waals surface area contributed by atoms with Gasteiger partial charge in [0.25, 0.3) is 0 Å². The van der Waals surface area contributed by atoms with Crippen molar-refractivity contribution in [3.05, 3.63) is 23.8 Å². The number of hydrogen-bond donors (Lipinski definition) is 2. The first-order valence-corrected chi connectivity index (χ1v) is 9.65. The topological polar surface area (TPSA) is 89.3 Å². The molecular weight excluding hydrogens is 296 g/mol. The highest BCUT2D eigenvalue weighted by Crippen LogP contribution is 2.21. The molecule has 0 bridgehead atoms. The van der Waals surface area contributed by atoms with Crippen LogP contribution in [0.3, 0.4) is 0 Å². The van der Waals surface area contributed by atoms with E-state index in [4.69, 9.17) is 5.73 Å². The smallest absolute Gasteiger partial charge is 0.241 e. The fraction of sp³-hybridized carbons (Fsp3) is 0.538. The molecule has 112 valence electrons. The van der Waals surface area contributed by atoms with Crippen LogP contribution in [0.2, 0.25) is 0 Å². The second kappa shape index (κ2) is 6.24. The molecule has 1 aliphatic rings. The average molecular weight is 316 g/mol. The number of nitrogens with one attached hydrogen (secondary N) is 1. The van der Waals surface area contributed by atoms with Crippen molar-refractivity contribution in [2.75, 3.05) is 17.2 Å². The molecule has 1 fully saturated rings. The Morgan fingerprint density at radius 2 is 2.00 bits per heavy atom. The lowest BCUT2D eigenvalue weighted by atomic mass is 10.1. The molecule has 0 radical (unpaired) electrons. The van der Waals surface area contributed by atoms with Crippen molar-refractivity contribution in [2.24, 2.45) is 0 Å². The Balaban J connectivity index is 2.22. The summed E-state index contributed by atoms with van der Waals surface area (Å²) in [6.45, 7) is 1.91. The normalized spacial score (nSPS) is 23.6. The van der Waals surface area contributed by atoms with Gasteiger partial charge in [0.05, 0.1) is 4.90 Å². The molecule has 1 aromatic rings. The Hall–Kier alpha value is -0.920. The first kappa shape index (κ1) is 15.5.